The number of aromatic nitrogens is 3. The molecular formula is C15H27N3S3. The fourth-order valence-corrected chi connectivity index (χ4v) is 3.65. The number of nitrogens with zero attached hydrogens (tertiary/aromatic N) is 1. The minimum atomic E-state index is 0.462. The van der Waals surface area contributed by atoms with E-state index in [4.69, 9.17) is 24.4 Å². The molecule has 1 heterocycles. The van der Waals surface area contributed by atoms with Gasteiger partial charge in [-0.1, -0.05) is 76.5 Å². The van der Waals surface area contributed by atoms with E-state index in [0.29, 0.717) is 9.54 Å². The molecule has 0 aliphatic rings. The quantitative estimate of drug-likeness (QED) is 0.268. The first-order valence-electron chi connectivity index (χ1n) is 8.06. The van der Waals surface area contributed by atoms with E-state index in [9.17, 15) is 0 Å². The van der Waals surface area contributed by atoms with Gasteiger partial charge in [-0.25, -0.2) is 0 Å². The zero-order valence-corrected chi connectivity index (χ0v) is 15.4. The van der Waals surface area contributed by atoms with Gasteiger partial charge in [0.25, 0.3) is 0 Å². The lowest BCUT2D eigenvalue weighted by molar-refractivity contribution is 0.563. The summed E-state index contributed by atoms with van der Waals surface area (Å²) in [5, 5.41) is 0.833. The monoisotopic (exact) mass is 345 g/mol. The molecule has 0 saturated heterocycles. The van der Waals surface area contributed by atoms with Crippen molar-refractivity contribution in [3.8, 4) is 0 Å². The number of nitrogens with one attached hydrogen (secondary N) is 2. The van der Waals surface area contributed by atoms with Gasteiger partial charge in [0, 0.05) is 5.75 Å². The van der Waals surface area contributed by atoms with Crippen LogP contribution in [0.1, 0.15) is 71.1 Å². The Labute approximate surface area is 142 Å². The Balaban J connectivity index is 1.95. The van der Waals surface area contributed by atoms with Crippen molar-refractivity contribution in [2.45, 2.75) is 76.3 Å². The summed E-state index contributed by atoms with van der Waals surface area (Å²) in [6, 6.07) is 0. The molecule has 0 atom stereocenters. The maximum atomic E-state index is 5.04. The van der Waals surface area contributed by atoms with Crippen molar-refractivity contribution in [3.05, 3.63) is 9.54 Å². The molecule has 1 rings (SSSR count). The lowest BCUT2D eigenvalue weighted by Gasteiger charge is -2.02. The second-order valence-electron chi connectivity index (χ2n) is 5.33. The number of unbranched alkanes of at least 4 members (excludes halogenated alkanes) is 9. The Morgan fingerprint density at radius 1 is 0.857 bits per heavy atom. The van der Waals surface area contributed by atoms with Crippen LogP contribution in [0, 0.1) is 9.54 Å². The van der Waals surface area contributed by atoms with Crippen LogP contribution in [0.3, 0.4) is 0 Å². The van der Waals surface area contributed by atoms with Gasteiger partial charge in [-0.15, -0.1) is 0 Å². The van der Waals surface area contributed by atoms with Gasteiger partial charge < -0.3 is 9.97 Å². The average Bonchev–Trinajstić information content (AvgIpc) is 2.44. The largest absolute Gasteiger partial charge is 0.311 e. The maximum Gasteiger partial charge on any atom is 0.201 e. The van der Waals surface area contributed by atoms with E-state index in [1.165, 1.54) is 64.2 Å². The Kier molecular flexibility index (Phi) is 11.1. The van der Waals surface area contributed by atoms with Crippen molar-refractivity contribution < 1.29 is 0 Å². The first-order valence-corrected chi connectivity index (χ1v) is 9.86. The van der Waals surface area contributed by atoms with Crippen LogP contribution < -0.4 is 0 Å². The zero-order valence-electron chi connectivity index (χ0n) is 13.0. The molecule has 0 aromatic carbocycles. The second-order valence-corrected chi connectivity index (χ2v) is 7.21. The van der Waals surface area contributed by atoms with Crippen molar-refractivity contribution >= 4 is 36.2 Å². The molecule has 21 heavy (non-hydrogen) atoms. The summed E-state index contributed by atoms with van der Waals surface area (Å²) in [6.45, 7) is 2.27. The molecule has 0 unspecified atom stereocenters. The summed E-state index contributed by atoms with van der Waals surface area (Å²) in [6.07, 6.45) is 13.7. The number of H-pyrrole nitrogens is 2. The molecule has 0 radical (unpaired) electrons. The minimum absolute atomic E-state index is 0.462. The van der Waals surface area contributed by atoms with E-state index in [2.05, 4.69) is 21.9 Å². The summed E-state index contributed by atoms with van der Waals surface area (Å²) >= 11 is 11.8. The fraction of sp³-hybridized carbons (Fsp3) is 0.800. The number of rotatable bonds is 12. The highest BCUT2D eigenvalue weighted by Gasteiger charge is 1.97. The Morgan fingerprint density at radius 2 is 1.43 bits per heavy atom. The van der Waals surface area contributed by atoms with Crippen molar-refractivity contribution in [2.75, 3.05) is 5.75 Å². The molecule has 120 valence electrons. The predicted octanol–water partition coefficient (Wildman–Crippen LogP) is 6.21. The zero-order chi connectivity index (χ0) is 15.3. The molecule has 0 fully saturated rings. The van der Waals surface area contributed by atoms with Crippen LogP contribution in [0.15, 0.2) is 5.16 Å². The number of thioether (sulfide) groups is 1. The van der Waals surface area contributed by atoms with Crippen LogP contribution in [0.5, 0.6) is 0 Å². The Hall–Kier alpha value is -0.200. The van der Waals surface area contributed by atoms with Gasteiger partial charge in [0.1, 0.15) is 0 Å². The average molecular weight is 346 g/mol. The third-order valence-corrected chi connectivity index (χ3v) is 4.74. The van der Waals surface area contributed by atoms with Gasteiger partial charge in [-0.3, -0.25) is 0 Å². The summed E-state index contributed by atoms with van der Waals surface area (Å²) < 4.78 is 1.02. The van der Waals surface area contributed by atoms with Crippen LogP contribution in [0.25, 0.3) is 0 Å². The third kappa shape index (κ3) is 10.2. The molecule has 3 nitrogen and oxygen atoms in total. The lowest BCUT2D eigenvalue weighted by atomic mass is 10.1. The highest BCUT2D eigenvalue weighted by Crippen LogP contribution is 2.16. The highest BCUT2D eigenvalue weighted by molar-refractivity contribution is 7.99. The van der Waals surface area contributed by atoms with Crippen LogP contribution in [0.4, 0.5) is 0 Å². The van der Waals surface area contributed by atoms with Crippen molar-refractivity contribution in [1.29, 1.82) is 0 Å². The Bertz CT molecular complexity index is 453. The molecule has 1 aromatic rings. The van der Waals surface area contributed by atoms with E-state index in [1.54, 1.807) is 11.8 Å². The van der Waals surface area contributed by atoms with Crippen LogP contribution >= 0.6 is 36.2 Å². The molecular weight excluding hydrogens is 318 g/mol. The summed E-state index contributed by atoms with van der Waals surface area (Å²) in [7, 11) is 0. The molecule has 0 aliphatic carbocycles. The van der Waals surface area contributed by atoms with Crippen LogP contribution in [0.2, 0.25) is 0 Å². The van der Waals surface area contributed by atoms with E-state index >= 15 is 0 Å². The fourth-order valence-electron chi connectivity index (χ4n) is 2.20. The van der Waals surface area contributed by atoms with Crippen LogP contribution in [-0.2, 0) is 0 Å². The van der Waals surface area contributed by atoms with Crippen LogP contribution in [-0.4, -0.2) is 20.7 Å². The van der Waals surface area contributed by atoms with Gasteiger partial charge in [-0.2, -0.15) is 4.98 Å². The first kappa shape index (κ1) is 18.8. The SMILES string of the molecule is CCCCCCCCCCCCSc1nc(=S)[nH]c(=S)[nH]1. The molecule has 2 N–H and O–H groups in total. The molecule has 6 heteroatoms. The van der Waals surface area contributed by atoms with Gasteiger partial charge in [0.05, 0.1) is 0 Å². The topological polar surface area (TPSA) is 44.5 Å². The molecule has 0 amide bonds. The number of aromatic amines is 2. The predicted molar refractivity (Wildman–Crippen MR) is 97.2 cm³/mol. The Morgan fingerprint density at radius 3 is 2.00 bits per heavy atom. The third-order valence-electron chi connectivity index (χ3n) is 3.38. The van der Waals surface area contributed by atoms with Gasteiger partial charge >= 0.3 is 0 Å². The first-order chi connectivity index (χ1) is 10.2. The molecule has 0 saturated carbocycles. The van der Waals surface area contributed by atoms with Crippen molar-refractivity contribution in [1.82, 2.24) is 15.0 Å². The smallest absolute Gasteiger partial charge is 0.201 e. The lowest BCUT2D eigenvalue weighted by Crippen LogP contribution is -1.92. The van der Waals surface area contributed by atoms with Gasteiger partial charge in [0.15, 0.2) is 9.93 Å². The van der Waals surface area contributed by atoms with E-state index in [0.717, 1.165) is 10.9 Å². The van der Waals surface area contributed by atoms with Crippen molar-refractivity contribution in [3.63, 3.8) is 0 Å². The summed E-state index contributed by atoms with van der Waals surface area (Å²) in [4.78, 5) is 10.0. The summed E-state index contributed by atoms with van der Waals surface area (Å²) in [5.41, 5.74) is 0. The van der Waals surface area contributed by atoms with Gasteiger partial charge in [-0.05, 0) is 30.9 Å². The van der Waals surface area contributed by atoms with E-state index < -0.39 is 0 Å². The maximum absolute atomic E-state index is 5.04. The summed E-state index contributed by atoms with van der Waals surface area (Å²) in [5.74, 6) is 1.08. The number of hydrogen-bond acceptors (Lipinski definition) is 4. The molecule has 0 bridgehead atoms. The van der Waals surface area contributed by atoms with E-state index in [-0.39, 0.29) is 0 Å². The highest BCUT2D eigenvalue weighted by atomic mass is 32.2. The molecule has 0 spiro atoms. The minimum Gasteiger partial charge on any atom is -0.311 e. The number of hydrogen-bond donors (Lipinski definition) is 2. The molecule has 1 aromatic heterocycles. The normalized spacial score (nSPS) is 10.9. The van der Waals surface area contributed by atoms with Gasteiger partial charge in [0.2, 0.25) is 4.77 Å². The second kappa shape index (κ2) is 12.4. The van der Waals surface area contributed by atoms with Crippen molar-refractivity contribution in [2.24, 2.45) is 0 Å². The standard InChI is InChI=1S/C15H27N3S3/c1-2-3-4-5-6-7-8-9-10-11-12-21-15-17-13(19)16-14(20)18-15/h2-12H2,1H3,(H2,16,17,18,19,20). The van der Waals surface area contributed by atoms with E-state index in [1.807, 2.05) is 0 Å². The molecule has 0 aliphatic heterocycles.